The van der Waals surface area contributed by atoms with Crippen LogP contribution in [0.2, 0.25) is 0 Å². The summed E-state index contributed by atoms with van der Waals surface area (Å²) in [6.45, 7) is 4.01. The Labute approximate surface area is 72.4 Å². The molecule has 1 atom stereocenters. The fourth-order valence-electron chi connectivity index (χ4n) is 1.93. The average Bonchev–Trinajstić information content (AvgIpc) is 2.53. The van der Waals surface area contributed by atoms with E-state index in [-0.39, 0.29) is 17.9 Å². The number of hydrazone groups is 1. The number of hydrogen-bond acceptors (Lipinski definition) is 2. The summed E-state index contributed by atoms with van der Waals surface area (Å²) < 4.78 is 0. The molecule has 0 spiro atoms. The first kappa shape index (κ1) is 7.77. The third kappa shape index (κ3) is 0.958. The minimum Gasteiger partial charge on any atom is -0.272 e. The molecule has 0 aromatic rings. The van der Waals surface area contributed by atoms with Crippen LogP contribution in [0.25, 0.3) is 0 Å². The Morgan fingerprint density at radius 3 is 2.92 bits per heavy atom. The Morgan fingerprint density at radius 1 is 1.58 bits per heavy atom. The van der Waals surface area contributed by atoms with Crippen LogP contribution in [0.15, 0.2) is 5.10 Å². The molecule has 1 aliphatic carbocycles. The van der Waals surface area contributed by atoms with Crippen molar-refractivity contribution >= 4 is 11.6 Å². The van der Waals surface area contributed by atoms with Crippen molar-refractivity contribution in [2.24, 2.45) is 11.0 Å². The summed E-state index contributed by atoms with van der Waals surface area (Å²) >= 11 is 0. The normalized spacial score (nSPS) is 28.2. The molecule has 1 heterocycles. The fourth-order valence-corrected chi connectivity index (χ4v) is 1.93. The summed E-state index contributed by atoms with van der Waals surface area (Å²) in [7, 11) is 0. The molecule has 0 N–H and O–H groups in total. The molecule has 2 rings (SSSR count). The van der Waals surface area contributed by atoms with Crippen LogP contribution in [-0.4, -0.2) is 22.7 Å². The summed E-state index contributed by atoms with van der Waals surface area (Å²) in [6, 6.07) is 0.218. The molecule has 3 nitrogen and oxygen atoms in total. The minimum atomic E-state index is 0.146. The monoisotopic (exact) mass is 166 g/mol. The van der Waals surface area contributed by atoms with E-state index in [9.17, 15) is 4.79 Å². The van der Waals surface area contributed by atoms with Gasteiger partial charge in [-0.3, -0.25) is 4.79 Å². The van der Waals surface area contributed by atoms with Gasteiger partial charge in [0, 0.05) is 6.04 Å². The number of fused-ring (bicyclic) bond motifs is 1. The van der Waals surface area contributed by atoms with Crippen LogP contribution in [0, 0.1) is 5.92 Å². The van der Waals surface area contributed by atoms with Gasteiger partial charge in [0.25, 0.3) is 5.91 Å². The van der Waals surface area contributed by atoms with Gasteiger partial charge in [-0.05, 0) is 33.1 Å². The molecule has 0 saturated heterocycles. The van der Waals surface area contributed by atoms with E-state index in [4.69, 9.17) is 0 Å². The van der Waals surface area contributed by atoms with Crippen LogP contribution in [0.3, 0.4) is 0 Å². The van der Waals surface area contributed by atoms with Crippen molar-refractivity contribution in [3.05, 3.63) is 0 Å². The Balaban J connectivity index is 2.22. The van der Waals surface area contributed by atoms with Crippen molar-refractivity contribution in [2.45, 2.75) is 39.2 Å². The van der Waals surface area contributed by atoms with Gasteiger partial charge in [0.1, 0.15) is 0 Å². The predicted octanol–water partition coefficient (Wildman–Crippen LogP) is 1.39. The smallest absolute Gasteiger partial charge is 0.251 e. The molecule has 1 fully saturated rings. The summed E-state index contributed by atoms with van der Waals surface area (Å²) in [5, 5.41) is 5.97. The van der Waals surface area contributed by atoms with Crippen LogP contribution in [0.1, 0.15) is 33.1 Å². The summed E-state index contributed by atoms with van der Waals surface area (Å²) in [6.07, 6.45) is 3.18. The first-order valence-corrected chi connectivity index (χ1v) is 4.60. The third-order valence-electron chi connectivity index (χ3n) is 2.58. The van der Waals surface area contributed by atoms with Gasteiger partial charge in [0.15, 0.2) is 0 Å². The quantitative estimate of drug-likeness (QED) is 0.579. The van der Waals surface area contributed by atoms with Gasteiger partial charge >= 0.3 is 0 Å². The van der Waals surface area contributed by atoms with Crippen molar-refractivity contribution in [1.29, 1.82) is 0 Å². The lowest BCUT2D eigenvalue weighted by Gasteiger charge is -2.17. The number of hydrogen-bond donors (Lipinski definition) is 0. The second-order valence-corrected chi connectivity index (χ2v) is 3.81. The fraction of sp³-hybridized carbons (Fsp3) is 0.778. The topological polar surface area (TPSA) is 32.7 Å². The molecule has 0 radical (unpaired) electrons. The number of carbonyl (C=O) groups excluding carboxylic acids is 1. The maximum Gasteiger partial charge on any atom is 0.251 e. The molecule has 66 valence electrons. The van der Waals surface area contributed by atoms with E-state index in [0.29, 0.717) is 0 Å². The van der Waals surface area contributed by atoms with Crippen molar-refractivity contribution in [3.63, 3.8) is 0 Å². The zero-order chi connectivity index (χ0) is 8.72. The van der Waals surface area contributed by atoms with Crippen molar-refractivity contribution in [3.8, 4) is 0 Å². The summed E-state index contributed by atoms with van der Waals surface area (Å²) in [5.74, 6) is 0.366. The lowest BCUT2D eigenvalue weighted by Crippen LogP contribution is -2.31. The van der Waals surface area contributed by atoms with Gasteiger partial charge in [-0.1, -0.05) is 0 Å². The molecule has 1 unspecified atom stereocenters. The number of carbonyl (C=O) groups is 1. The van der Waals surface area contributed by atoms with Crippen LogP contribution in [-0.2, 0) is 4.79 Å². The SMILES string of the molecule is CC(C)N1N=C2CCCC2C1=O. The van der Waals surface area contributed by atoms with Crippen LogP contribution in [0.4, 0.5) is 0 Å². The third-order valence-corrected chi connectivity index (χ3v) is 2.58. The van der Waals surface area contributed by atoms with Crippen molar-refractivity contribution in [1.82, 2.24) is 5.01 Å². The van der Waals surface area contributed by atoms with Gasteiger partial charge in [-0.25, -0.2) is 5.01 Å². The Hall–Kier alpha value is -0.860. The van der Waals surface area contributed by atoms with E-state index in [1.807, 2.05) is 13.8 Å². The minimum absolute atomic E-state index is 0.146. The van der Waals surface area contributed by atoms with Crippen molar-refractivity contribution in [2.75, 3.05) is 0 Å². The number of rotatable bonds is 1. The lowest BCUT2D eigenvalue weighted by atomic mass is 10.1. The molecular weight excluding hydrogens is 152 g/mol. The number of amides is 1. The molecule has 3 heteroatoms. The molecule has 12 heavy (non-hydrogen) atoms. The highest BCUT2D eigenvalue weighted by atomic mass is 16.2. The zero-order valence-corrected chi connectivity index (χ0v) is 7.58. The van der Waals surface area contributed by atoms with Gasteiger partial charge in [0.2, 0.25) is 0 Å². The predicted molar refractivity (Wildman–Crippen MR) is 46.8 cm³/mol. The first-order chi connectivity index (χ1) is 5.70. The molecule has 1 saturated carbocycles. The zero-order valence-electron chi connectivity index (χ0n) is 7.58. The second kappa shape index (κ2) is 2.57. The summed E-state index contributed by atoms with van der Waals surface area (Å²) in [4.78, 5) is 11.6. The molecule has 1 amide bonds. The Kier molecular flexibility index (Phi) is 1.67. The Bertz CT molecular complexity index is 245. The summed E-state index contributed by atoms with van der Waals surface area (Å²) in [5.41, 5.74) is 1.12. The van der Waals surface area contributed by atoms with E-state index in [1.54, 1.807) is 5.01 Å². The van der Waals surface area contributed by atoms with Crippen LogP contribution >= 0.6 is 0 Å². The van der Waals surface area contributed by atoms with Gasteiger partial charge < -0.3 is 0 Å². The molecule has 1 aliphatic heterocycles. The van der Waals surface area contributed by atoms with E-state index in [0.717, 1.165) is 25.0 Å². The molecule has 0 aromatic heterocycles. The van der Waals surface area contributed by atoms with Crippen LogP contribution < -0.4 is 0 Å². The molecular formula is C9H14N2O. The average molecular weight is 166 g/mol. The van der Waals surface area contributed by atoms with E-state index in [1.165, 1.54) is 0 Å². The number of nitrogens with zero attached hydrogens (tertiary/aromatic N) is 2. The van der Waals surface area contributed by atoms with Gasteiger partial charge in [-0.2, -0.15) is 5.10 Å². The van der Waals surface area contributed by atoms with E-state index >= 15 is 0 Å². The molecule has 0 bridgehead atoms. The van der Waals surface area contributed by atoms with E-state index < -0.39 is 0 Å². The standard InChI is InChI=1S/C9H14N2O/c1-6(2)11-9(12)7-4-3-5-8(7)10-11/h6-7H,3-5H2,1-2H3. The maximum atomic E-state index is 11.6. The maximum absolute atomic E-state index is 11.6. The van der Waals surface area contributed by atoms with Crippen molar-refractivity contribution < 1.29 is 4.79 Å². The first-order valence-electron chi connectivity index (χ1n) is 4.60. The lowest BCUT2D eigenvalue weighted by molar-refractivity contribution is -0.133. The van der Waals surface area contributed by atoms with Crippen LogP contribution in [0.5, 0.6) is 0 Å². The molecule has 0 aromatic carbocycles. The highest BCUT2D eigenvalue weighted by molar-refractivity contribution is 6.09. The van der Waals surface area contributed by atoms with Gasteiger partial charge in [0.05, 0.1) is 11.6 Å². The largest absolute Gasteiger partial charge is 0.272 e. The Morgan fingerprint density at radius 2 is 2.33 bits per heavy atom. The highest BCUT2D eigenvalue weighted by Crippen LogP contribution is 2.30. The highest BCUT2D eigenvalue weighted by Gasteiger charge is 2.39. The van der Waals surface area contributed by atoms with E-state index in [2.05, 4.69) is 5.10 Å². The van der Waals surface area contributed by atoms with Gasteiger partial charge in [-0.15, -0.1) is 0 Å². The second-order valence-electron chi connectivity index (χ2n) is 3.81. The molecule has 2 aliphatic rings.